The highest BCUT2D eigenvalue weighted by Crippen LogP contribution is 2.04. The Morgan fingerprint density at radius 2 is 1.63 bits per heavy atom. The van der Waals surface area contributed by atoms with E-state index in [1.54, 1.807) is 0 Å². The first kappa shape index (κ1) is 18.2. The molecule has 3 nitrogen and oxygen atoms in total. The molecule has 1 N–H and O–H groups in total. The molecule has 0 aromatic heterocycles. The Balaban J connectivity index is 3.86. The maximum atomic E-state index is 11.8. The van der Waals surface area contributed by atoms with Crippen LogP contribution in [-0.2, 0) is 4.79 Å². The smallest absolute Gasteiger partial charge is 0.228 e. The number of allylic oxidation sites excluding steroid dienone is 1. The van der Waals surface area contributed by atoms with Crippen molar-refractivity contribution in [3.8, 4) is 0 Å². The van der Waals surface area contributed by atoms with Gasteiger partial charge in [-0.25, -0.2) is 0 Å². The van der Waals surface area contributed by atoms with Crippen LogP contribution in [0.4, 0.5) is 0 Å². The van der Waals surface area contributed by atoms with Crippen LogP contribution >= 0.6 is 0 Å². The molecule has 0 aromatic carbocycles. The molecule has 0 unspecified atom stereocenters. The average molecular weight is 269 g/mol. The Kier molecular flexibility index (Phi) is 10.6. The molecule has 0 aliphatic carbocycles. The molecular weight excluding hydrogens is 236 g/mol. The largest absolute Gasteiger partial charge is 0.309 e. The molecule has 0 saturated heterocycles. The summed E-state index contributed by atoms with van der Waals surface area (Å²) in [4.78, 5) is 11.8. The molecule has 0 heterocycles. The van der Waals surface area contributed by atoms with Crippen molar-refractivity contribution in [1.29, 1.82) is 0 Å². The molecule has 0 aromatic rings. The van der Waals surface area contributed by atoms with E-state index < -0.39 is 0 Å². The lowest BCUT2D eigenvalue weighted by Crippen LogP contribution is -2.53. The van der Waals surface area contributed by atoms with Gasteiger partial charge < -0.3 is 9.80 Å². The van der Waals surface area contributed by atoms with E-state index in [2.05, 4.69) is 39.1 Å². The normalized spacial score (nSPS) is 12.0. The van der Waals surface area contributed by atoms with Crippen molar-refractivity contribution in [2.45, 2.75) is 59.8 Å². The van der Waals surface area contributed by atoms with Gasteiger partial charge in [-0.15, -0.1) is 0 Å². The van der Waals surface area contributed by atoms with Crippen molar-refractivity contribution in [2.75, 3.05) is 26.3 Å². The number of rotatable bonds is 11. The van der Waals surface area contributed by atoms with Crippen LogP contribution in [0.5, 0.6) is 0 Å². The number of carbonyl (C=O) groups excluding carboxylic acids is 1. The highest BCUT2D eigenvalue weighted by molar-refractivity contribution is 5.77. The van der Waals surface area contributed by atoms with Crippen LogP contribution in [0.3, 0.4) is 0 Å². The van der Waals surface area contributed by atoms with Gasteiger partial charge in [0.15, 0.2) is 6.67 Å². The van der Waals surface area contributed by atoms with E-state index >= 15 is 0 Å². The SMILES string of the molecule is CCCCC/C=C/CC(=O)NC[N+](CC)(CC)CC. The summed E-state index contributed by atoms with van der Waals surface area (Å²) in [6.45, 7) is 12.7. The fourth-order valence-electron chi connectivity index (χ4n) is 2.15. The van der Waals surface area contributed by atoms with Gasteiger partial charge in [-0.05, 0) is 33.6 Å². The first-order valence-corrected chi connectivity index (χ1v) is 7.90. The van der Waals surface area contributed by atoms with Crippen LogP contribution in [0.1, 0.15) is 59.8 Å². The number of hydrogen-bond acceptors (Lipinski definition) is 1. The van der Waals surface area contributed by atoms with E-state index in [4.69, 9.17) is 0 Å². The first-order chi connectivity index (χ1) is 9.14. The summed E-state index contributed by atoms with van der Waals surface area (Å²) < 4.78 is 0.964. The highest BCUT2D eigenvalue weighted by Gasteiger charge is 2.20. The third kappa shape index (κ3) is 8.04. The summed E-state index contributed by atoms with van der Waals surface area (Å²) in [7, 11) is 0. The van der Waals surface area contributed by atoms with Crippen molar-refractivity contribution in [3.05, 3.63) is 12.2 Å². The molecule has 1 amide bonds. The van der Waals surface area contributed by atoms with Crippen LogP contribution in [0.2, 0.25) is 0 Å². The van der Waals surface area contributed by atoms with Crippen LogP contribution in [-0.4, -0.2) is 36.7 Å². The third-order valence-corrected chi connectivity index (χ3v) is 4.07. The summed E-state index contributed by atoms with van der Waals surface area (Å²) >= 11 is 0. The third-order valence-electron chi connectivity index (χ3n) is 4.07. The van der Waals surface area contributed by atoms with Crippen molar-refractivity contribution >= 4 is 5.91 Å². The van der Waals surface area contributed by atoms with Gasteiger partial charge in [0, 0.05) is 6.42 Å². The van der Waals surface area contributed by atoms with Crippen molar-refractivity contribution in [2.24, 2.45) is 0 Å². The zero-order chi connectivity index (χ0) is 14.6. The Labute approximate surface area is 119 Å². The predicted molar refractivity (Wildman–Crippen MR) is 82.8 cm³/mol. The molecule has 0 aliphatic heterocycles. The fourth-order valence-corrected chi connectivity index (χ4v) is 2.15. The maximum Gasteiger partial charge on any atom is 0.228 e. The van der Waals surface area contributed by atoms with E-state index in [1.165, 1.54) is 19.3 Å². The Morgan fingerprint density at radius 3 is 2.16 bits per heavy atom. The van der Waals surface area contributed by atoms with Gasteiger partial charge in [-0.1, -0.05) is 31.9 Å². The predicted octanol–water partition coefficient (Wildman–Crippen LogP) is 3.46. The van der Waals surface area contributed by atoms with Gasteiger partial charge >= 0.3 is 0 Å². The molecule has 19 heavy (non-hydrogen) atoms. The molecule has 0 saturated carbocycles. The number of nitrogens with one attached hydrogen (secondary N) is 1. The summed E-state index contributed by atoms with van der Waals surface area (Å²) in [6.07, 6.45) is 9.51. The van der Waals surface area contributed by atoms with Crippen LogP contribution in [0.15, 0.2) is 12.2 Å². The maximum absolute atomic E-state index is 11.8. The Bertz CT molecular complexity index is 249. The fraction of sp³-hybridized carbons (Fsp3) is 0.812. The van der Waals surface area contributed by atoms with Gasteiger partial charge in [0.25, 0.3) is 0 Å². The molecule has 0 rings (SSSR count). The van der Waals surface area contributed by atoms with Gasteiger partial charge in [0.2, 0.25) is 5.91 Å². The standard InChI is InChI=1S/C16H32N2O/c1-5-9-10-11-12-13-14-16(19)17-15-18(6-2,7-3)8-4/h12-13H,5-11,14-15H2,1-4H3/p+1/b13-12+. The van der Waals surface area contributed by atoms with E-state index in [-0.39, 0.29) is 5.91 Å². The summed E-state index contributed by atoms with van der Waals surface area (Å²) in [5, 5.41) is 3.06. The van der Waals surface area contributed by atoms with Crippen molar-refractivity contribution in [1.82, 2.24) is 5.32 Å². The molecule has 0 fully saturated rings. The molecule has 0 spiro atoms. The lowest BCUT2D eigenvalue weighted by atomic mass is 10.2. The molecule has 0 radical (unpaired) electrons. The Morgan fingerprint density at radius 1 is 1.00 bits per heavy atom. The number of carbonyl (C=O) groups is 1. The summed E-state index contributed by atoms with van der Waals surface area (Å²) in [5.41, 5.74) is 0. The number of unbranched alkanes of at least 4 members (excludes halogenated alkanes) is 3. The molecule has 0 aliphatic rings. The molecule has 0 atom stereocenters. The monoisotopic (exact) mass is 269 g/mol. The van der Waals surface area contributed by atoms with Crippen LogP contribution in [0.25, 0.3) is 0 Å². The van der Waals surface area contributed by atoms with E-state index in [0.717, 1.165) is 37.2 Å². The summed E-state index contributed by atoms with van der Waals surface area (Å²) in [6, 6.07) is 0. The molecule has 112 valence electrons. The minimum absolute atomic E-state index is 0.143. The minimum Gasteiger partial charge on any atom is -0.309 e. The van der Waals surface area contributed by atoms with E-state index in [0.29, 0.717) is 6.42 Å². The molecule has 3 heteroatoms. The van der Waals surface area contributed by atoms with Gasteiger partial charge in [-0.3, -0.25) is 4.79 Å². The van der Waals surface area contributed by atoms with E-state index in [1.807, 2.05) is 6.08 Å². The minimum atomic E-state index is 0.143. The second-order valence-corrected chi connectivity index (χ2v) is 5.22. The van der Waals surface area contributed by atoms with Crippen LogP contribution < -0.4 is 5.32 Å². The van der Waals surface area contributed by atoms with E-state index in [9.17, 15) is 4.79 Å². The summed E-state index contributed by atoms with van der Waals surface area (Å²) in [5.74, 6) is 0.143. The number of nitrogens with zero attached hydrogens (tertiary/aromatic N) is 1. The average Bonchev–Trinajstić information content (AvgIpc) is 2.45. The zero-order valence-electron chi connectivity index (χ0n) is 13.4. The first-order valence-electron chi connectivity index (χ1n) is 7.90. The van der Waals surface area contributed by atoms with Gasteiger partial charge in [-0.2, -0.15) is 0 Å². The topological polar surface area (TPSA) is 29.1 Å². The lowest BCUT2D eigenvalue weighted by molar-refractivity contribution is -0.924. The zero-order valence-corrected chi connectivity index (χ0v) is 13.4. The van der Waals surface area contributed by atoms with Crippen molar-refractivity contribution in [3.63, 3.8) is 0 Å². The quantitative estimate of drug-likeness (QED) is 0.265. The van der Waals surface area contributed by atoms with Crippen molar-refractivity contribution < 1.29 is 9.28 Å². The molecular formula is C16H33N2O+. The van der Waals surface area contributed by atoms with Crippen LogP contribution in [0, 0.1) is 0 Å². The second kappa shape index (κ2) is 11.0. The second-order valence-electron chi connectivity index (χ2n) is 5.22. The molecule has 0 bridgehead atoms. The Hall–Kier alpha value is -0.830. The number of amides is 1. The number of quaternary nitrogens is 1. The highest BCUT2D eigenvalue weighted by atomic mass is 16.1. The lowest BCUT2D eigenvalue weighted by Gasteiger charge is -2.35. The van der Waals surface area contributed by atoms with Gasteiger partial charge in [0.1, 0.15) is 0 Å². The number of hydrogen-bond donors (Lipinski definition) is 1. The van der Waals surface area contributed by atoms with Gasteiger partial charge in [0.05, 0.1) is 19.6 Å².